The fraction of sp³-hybridized carbons (Fsp3) is 0.211. The molecule has 146 valence electrons. The first-order valence-corrected chi connectivity index (χ1v) is 9.69. The van der Waals surface area contributed by atoms with Gasteiger partial charge in [-0.1, -0.05) is 23.7 Å². The summed E-state index contributed by atoms with van der Waals surface area (Å²) in [6.07, 6.45) is -0.750. The van der Waals surface area contributed by atoms with Crippen LogP contribution in [0.15, 0.2) is 46.2 Å². The molecule has 3 aromatic rings. The van der Waals surface area contributed by atoms with E-state index in [1.807, 2.05) is 0 Å². The monoisotopic (exact) mass is 419 g/mol. The molecule has 9 heteroatoms. The molecular formula is C19H18ClN3O4S. The number of hydrogen-bond acceptors (Lipinski definition) is 6. The van der Waals surface area contributed by atoms with Crippen molar-refractivity contribution >= 4 is 39.9 Å². The maximum atomic E-state index is 12.4. The first-order chi connectivity index (χ1) is 13.4. The lowest BCUT2D eigenvalue weighted by Crippen LogP contribution is -2.30. The van der Waals surface area contributed by atoms with E-state index in [9.17, 15) is 9.59 Å². The molecule has 0 unspecified atom stereocenters. The molecule has 3 rings (SSSR count). The molecule has 2 N–H and O–H groups in total. The molecule has 2 amide bonds. The van der Waals surface area contributed by atoms with Gasteiger partial charge in [-0.15, -0.1) is 11.3 Å². The van der Waals surface area contributed by atoms with Gasteiger partial charge in [0.25, 0.3) is 5.91 Å². The number of thiazole rings is 1. The minimum absolute atomic E-state index is 0.135. The van der Waals surface area contributed by atoms with Gasteiger partial charge in [-0.3, -0.25) is 14.9 Å². The van der Waals surface area contributed by atoms with Gasteiger partial charge in [0, 0.05) is 12.3 Å². The van der Waals surface area contributed by atoms with Crippen molar-refractivity contribution in [2.75, 3.05) is 5.32 Å². The molecule has 1 atom stereocenters. The minimum Gasteiger partial charge on any atom is -0.479 e. The Balaban J connectivity index is 1.60. The van der Waals surface area contributed by atoms with E-state index in [-0.39, 0.29) is 11.8 Å². The van der Waals surface area contributed by atoms with Crippen LogP contribution in [-0.4, -0.2) is 22.9 Å². The van der Waals surface area contributed by atoms with E-state index >= 15 is 0 Å². The Labute approximate surface area is 170 Å². The van der Waals surface area contributed by atoms with Crippen LogP contribution in [0.25, 0.3) is 11.5 Å². The van der Waals surface area contributed by atoms with Crippen molar-refractivity contribution in [1.82, 2.24) is 10.3 Å². The molecule has 0 bridgehead atoms. The van der Waals surface area contributed by atoms with Crippen molar-refractivity contribution in [2.24, 2.45) is 0 Å². The number of halogens is 1. The summed E-state index contributed by atoms with van der Waals surface area (Å²) in [6.45, 7) is 3.38. The van der Waals surface area contributed by atoms with Gasteiger partial charge in [-0.05, 0) is 31.2 Å². The number of nitrogens with zero attached hydrogens (tertiary/aromatic N) is 1. The Bertz CT molecular complexity index is 985. The van der Waals surface area contributed by atoms with Gasteiger partial charge < -0.3 is 14.5 Å². The molecule has 0 radical (unpaired) electrons. The second kappa shape index (κ2) is 8.90. The third-order valence-corrected chi connectivity index (χ3v) is 4.74. The third kappa shape index (κ3) is 5.11. The van der Waals surface area contributed by atoms with Gasteiger partial charge in [0.05, 0.1) is 11.6 Å². The highest BCUT2D eigenvalue weighted by atomic mass is 35.5. The molecule has 0 saturated carbocycles. The average molecular weight is 420 g/mol. The van der Waals surface area contributed by atoms with Crippen LogP contribution in [0.1, 0.15) is 19.6 Å². The van der Waals surface area contributed by atoms with Crippen molar-refractivity contribution < 1.29 is 18.7 Å². The number of carbonyl (C=O) groups is 2. The van der Waals surface area contributed by atoms with E-state index in [1.54, 1.807) is 48.7 Å². The quantitative estimate of drug-likeness (QED) is 0.601. The van der Waals surface area contributed by atoms with Crippen molar-refractivity contribution in [3.8, 4) is 17.2 Å². The molecule has 28 heavy (non-hydrogen) atoms. The Morgan fingerprint density at radius 3 is 2.82 bits per heavy atom. The van der Waals surface area contributed by atoms with Crippen LogP contribution in [-0.2, 0) is 16.1 Å². The number of aromatic nitrogens is 1. The summed E-state index contributed by atoms with van der Waals surface area (Å²) in [4.78, 5) is 27.7. The molecule has 0 aliphatic heterocycles. The first kappa shape index (κ1) is 19.9. The molecule has 1 aromatic carbocycles. The fourth-order valence-electron chi connectivity index (χ4n) is 2.26. The fourth-order valence-corrected chi connectivity index (χ4v) is 3.14. The summed E-state index contributed by atoms with van der Waals surface area (Å²) in [7, 11) is 0. The Morgan fingerprint density at radius 1 is 1.29 bits per heavy atom. The second-order valence-electron chi connectivity index (χ2n) is 5.89. The number of nitrogens with one attached hydrogen (secondary N) is 2. The van der Waals surface area contributed by atoms with Crippen LogP contribution >= 0.6 is 22.9 Å². The summed E-state index contributed by atoms with van der Waals surface area (Å²) in [5, 5.41) is 8.02. The lowest BCUT2D eigenvalue weighted by molar-refractivity contribution is -0.122. The summed E-state index contributed by atoms with van der Waals surface area (Å²) >= 11 is 7.32. The van der Waals surface area contributed by atoms with Crippen molar-refractivity contribution in [1.29, 1.82) is 0 Å². The number of ether oxygens (including phenoxy) is 1. The van der Waals surface area contributed by atoms with E-state index in [4.69, 9.17) is 20.8 Å². The van der Waals surface area contributed by atoms with Gasteiger partial charge in [0.2, 0.25) is 5.91 Å². The molecule has 0 saturated heterocycles. The van der Waals surface area contributed by atoms with Gasteiger partial charge >= 0.3 is 0 Å². The maximum Gasteiger partial charge on any atom is 0.266 e. The summed E-state index contributed by atoms with van der Waals surface area (Å²) in [5.74, 6) is 1.13. The number of anilines is 1. The van der Waals surface area contributed by atoms with Crippen LogP contribution in [0.4, 0.5) is 5.13 Å². The number of amides is 2. The van der Waals surface area contributed by atoms with Gasteiger partial charge in [0.1, 0.15) is 17.2 Å². The van der Waals surface area contributed by atoms with Crippen molar-refractivity contribution in [3.05, 3.63) is 52.6 Å². The van der Waals surface area contributed by atoms with E-state index in [2.05, 4.69) is 15.6 Å². The highest BCUT2D eigenvalue weighted by molar-refractivity contribution is 7.14. The zero-order valence-corrected chi connectivity index (χ0v) is 16.8. The van der Waals surface area contributed by atoms with E-state index < -0.39 is 6.10 Å². The lowest BCUT2D eigenvalue weighted by Gasteiger charge is -2.14. The molecule has 0 aliphatic carbocycles. The van der Waals surface area contributed by atoms with Crippen molar-refractivity contribution in [3.63, 3.8) is 0 Å². The Morgan fingerprint density at radius 2 is 2.07 bits per heavy atom. The number of benzene rings is 1. The van der Waals surface area contributed by atoms with Crippen LogP contribution in [0.3, 0.4) is 0 Å². The molecule has 7 nitrogen and oxygen atoms in total. The summed E-state index contributed by atoms with van der Waals surface area (Å²) < 4.78 is 11.3. The van der Waals surface area contributed by atoms with Gasteiger partial charge in [-0.25, -0.2) is 4.98 Å². The number of rotatable bonds is 7. The molecular weight excluding hydrogens is 402 g/mol. The molecule has 0 aliphatic rings. The van der Waals surface area contributed by atoms with E-state index in [1.165, 1.54) is 18.3 Å². The van der Waals surface area contributed by atoms with Crippen LogP contribution < -0.4 is 15.4 Å². The topological polar surface area (TPSA) is 93.5 Å². The SMILES string of the molecule is CC(=O)NCc1ccc(-c2csc(NC(=O)[C@@H](C)Oc3ccccc3Cl)n2)o1. The first-order valence-electron chi connectivity index (χ1n) is 8.43. The smallest absolute Gasteiger partial charge is 0.266 e. The van der Waals surface area contributed by atoms with Gasteiger partial charge in [0.15, 0.2) is 17.0 Å². The number of para-hydroxylation sites is 1. The molecule has 0 fully saturated rings. The zero-order valence-electron chi connectivity index (χ0n) is 15.2. The van der Waals surface area contributed by atoms with Crippen LogP contribution in [0.2, 0.25) is 5.02 Å². The maximum absolute atomic E-state index is 12.4. The van der Waals surface area contributed by atoms with Crippen molar-refractivity contribution in [2.45, 2.75) is 26.5 Å². The largest absolute Gasteiger partial charge is 0.479 e. The molecule has 0 spiro atoms. The highest BCUT2D eigenvalue weighted by Crippen LogP contribution is 2.27. The lowest BCUT2D eigenvalue weighted by atomic mass is 10.3. The molecule has 2 aromatic heterocycles. The van der Waals surface area contributed by atoms with Crippen LogP contribution in [0.5, 0.6) is 5.75 Å². The molecule has 2 heterocycles. The van der Waals surface area contributed by atoms with Gasteiger partial charge in [-0.2, -0.15) is 0 Å². The zero-order chi connectivity index (χ0) is 20.1. The number of carbonyl (C=O) groups excluding carboxylic acids is 2. The standard InChI is InChI=1S/C19H18ClN3O4S/c1-11(26-16-6-4-3-5-14(16)20)18(25)23-19-22-15(10-28-19)17-8-7-13(27-17)9-21-12(2)24/h3-8,10-11H,9H2,1-2H3,(H,21,24)(H,22,23,25)/t11-/m1/s1. The van der Waals surface area contributed by atoms with Crippen LogP contribution in [0, 0.1) is 0 Å². The summed E-state index contributed by atoms with van der Waals surface area (Å²) in [5.41, 5.74) is 0.592. The summed E-state index contributed by atoms with van der Waals surface area (Å²) in [6, 6.07) is 10.5. The highest BCUT2D eigenvalue weighted by Gasteiger charge is 2.18. The normalized spacial score (nSPS) is 11.7. The second-order valence-corrected chi connectivity index (χ2v) is 7.16. The number of hydrogen-bond donors (Lipinski definition) is 2. The minimum atomic E-state index is -0.750. The Hall–Kier alpha value is -2.84. The third-order valence-electron chi connectivity index (χ3n) is 3.67. The number of furan rings is 1. The predicted molar refractivity (Wildman–Crippen MR) is 108 cm³/mol. The Kier molecular flexibility index (Phi) is 6.33. The predicted octanol–water partition coefficient (Wildman–Crippen LogP) is 4.10. The van der Waals surface area contributed by atoms with E-state index in [0.717, 1.165) is 0 Å². The van der Waals surface area contributed by atoms with E-state index in [0.29, 0.717) is 39.7 Å². The average Bonchev–Trinajstić information content (AvgIpc) is 3.31.